The van der Waals surface area contributed by atoms with Crippen LogP contribution in [0.15, 0.2) is 170 Å². The highest BCUT2D eigenvalue weighted by atomic mass is 31.2. The van der Waals surface area contributed by atoms with Crippen LogP contribution in [0.2, 0.25) is 0 Å². The van der Waals surface area contributed by atoms with Crippen LogP contribution in [-0.2, 0) is 55.8 Å². The number of esters is 3. The van der Waals surface area contributed by atoms with E-state index in [1.54, 1.807) is 0 Å². The molecular weight excluding hydrogens is 1390 g/mol. The number of ether oxygens (including phenoxy) is 3. The van der Waals surface area contributed by atoms with Gasteiger partial charge in [0.05, 0.1) is 26.4 Å². The van der Waals surface area contributed by atoms with E-state index in [2.05, 4.69) is 179 Å². The van der Waals surface area contributed by atoms with E-state index in [0.29, 0.717) is 25.7 Å². The van der Waals surface area contributed by atoms with Crippen LogP contribution in [-0.4, -0.2) is 95.9 Å². The number of allylic oxidation sites excluding steroid dienone is 28. The highest BCUT2D eigenvalue weighted by molar-refractivity contribution is 7.47. The molecule has 0 aromatic heterocycles. The molecule has 0 saturated heterocycles. The minimum Gasteiger partial charge on any atom is -0.463 e. The molecule has 0 rings (SSSR count). The third-order valence-corrected chi connectivity index (χ3v) is 18.8. The molecular formula is C89H148O16P2. The third-order valence-electron chi connectivity index (χ3n) is 16.9. The van der Waals surface area contributed by atoms with Crippen molar-refractivity contribution in [1.29, 1.82) is 0 Å². The molecule has 16 nitrogen and oxygen atoms in total. The van der Waals surface area contributed by atoms with E-state index in [0.717, 1.165) is 141 Å². The van der Waals surface area contributed by atoms with E-state index < -0.39 is 91.5 Å². The third kappa shape index (κ3) is 81.7. The van der Waals surface area contributed by atoms with Gasteiger partial charge in [-0.15, -0.1) is 0 Å². The second kappa shape index (κ2) is 80.4. The Morgan fingerprint density at radius 1 is 0.271 bits per heavy atom. The Labute approximate surface area is 650 Å². The van der Waals surface area contributed by atoms with Gasteiger partial charge in [-0.3, -0.25) is 32.5 Å². The van der Waals surface area contributed by atoms with E-state index >= 15 is 0 Å². The Bertz CT molecular complexity index is 2620. The van der Waals surface area contributed by atoms with Crippen molar-refractivity contribution in [2.24, 2.45) is 0 Å². The average molecular weight is 1540 g/mol. The molecule has 18 heteroatoms. The molecule has 0 aromatic carbocycles. The van der Waals surface area contributed by atoms with Gasteiger partial charge >= 0.3 is 33.6 Å². The zero-order valence-electron chi connectivity index (χ0n) is 66.7. The van der Waals surface area contributed by atoms with E-state index in [9.17, 15) is 43.5 Å². The molecule has 107 heavy (non-hydrogen) atoms. The summed E-state index contributed by atoms with van der Waals surface area (Å²) in [6.07, 6.45) is 103. The van der Waals surface area contributed by atoms with Crippen LogP contribution in [0.5, 0.6) is 0 Å². The van der Waals surface area contributed by atoms with Crippen molar-refractivity contribution in [3.8, 4) is 0 Å². The first-order chi connectivity index (χ1) is 52.2. The van der Waals surface area contributed by atoms with Gasteiger partial charge in [-0.05, 0) is 148 Å². The highest BCUT2D eigenvalue weighted by Gasteiger charge is 2.29. The standard InChI is InChI=1S/C89H148O16P2/c1-4-7-10-13-16-19-22-25-28-31-33-35-36-37-38-39-40-41-42-43-44-45-46-48-50-52-54-57-60-63-66-69-72-75-87(92)99-78-84(90)79-101-106(95,96)102-80-85(91)81-103-107(97,98)104-83-86(105-89(94)77-74-71-68-65-62-59-56-51-30-27-24-21-18-15-12-9-6-3)82-100-88(93)76-73-70-67-64-61-58-55-53-49-47-34-32-29-26-23-20-17-14-11-8-5-2/h7,9-10,12,16-21,25-30,33-35,37-38,47,53,55-56,59,65,68,84-86,90-91H,4-6,8,11,13-15,22-24,31-32,36,39-46,48-52,54,57-58,60-64,66-67,69-83H2,1-3H3,(H,95,96)(H,97,98)/b10-7-,12-9-,19-16-,20-17-,21-18-,28-25-,29-26-,30-27-,35-33-,38-37-,47-34-,55-53-,59-56-,68-65-. The van der Waals surface area contributed by atoms with Gasteiger partial charge in [0.15, 0.2) is 6.10 Å². The molecule has 0 aromatic rings. The maximum atomic E-state index is 13.0. The van der Waals surface area contributed by atoms with Gasteiger partial charge in [-0.2, -0.15) is 0 Å². The normalized spacial score (nSPS) is 14.8. The van der Waals surface area contributed by atoms with Gasteiger partial charge in [-0.1, -0.05) is 319 Å². The molecule has 0 heterocycles. The van der Waals surface area contributed by atoms with E-state index in [1.807, 2.05) is 12.2 Å². The first-order valence-electron chi connectivity index (χ1n) is 41.4. The lowest BCUT2D eigenvalue weighted by Crippen LogP contribution is -2.30. The number of carbonyl (C=O) groups is 3. The Hall–Kier alpha value is -5.09. The number of phosphoric ester groups is 2. The minimum atomic E-state index is -4.96. The lowest BCUT2D eigenvalue weighted by Gasteiger charge is -2.21. The number of hydrogen-bond donors (Lipinski definition) is 4. The molecule has 0 aliphatic heterocycles. The number of hydrogen-bond acceptors (Lipinski definition) is 14. The summed E-state index contributed by atoms with van der Waals surface area (Å²) in [4.78, 5) is 58.7. The van der Waals surface area contributed by atoms with Crippen LogP contribution in [0.25, 0.3) is 0 Å². The van der Waals surface area contributed by atoms with Crippen molar-refractivity contribution >= 4 is 33.6 Å². The van der Waals surface area contributed by atoms with Crippen molar-refractivity contribution in [3.63, 3.8) is 0 Å². The van der Waals surface area contributed by atoms with Gasteiger partial charge in [0.1, 0.15) is 25.4 Å². The summed E-state index contributed by atoms with van der Waals surface area (Å²) in [6, 6.07) is 0. The summed E-state index contributed by atoms with van der Waals surface area (Å²) in [5, 5.41) is 20.7. The topological polar surface area (TPSA) is 231 Å². The largest absolute Gasteiger partial charge is 0.472 e. The SMILES string of the molecule is CC/C=C\C/C=C\C/C=C\C/C=C\C/C=C\CCCCCCCCCCCCCCCCCCCC(=O)OCC(O)COP(=O)(O)OCC(O)COP(=O)(O)OCC(COC(=O)CCCCCCC/C=C\C/C=C\C/C=C\C/C=C\CCCCC)OC(=O)CCC/C=C\C/C=C\C/C=C\C/C=C\C/C=C\CC. The minimum absolute atomic E-state index is 0.0167. The van der Waals surface area contributed by atoms with Crippen LogP contribution in [0.1, 0.15) is 316 Å². The Morgan fingerprint density at radius 2 is 0.505 bits per heavy atom. The first kappa shape index (κ1) is 102. The van der Waals surface area contributed by atoms with Crippen LogP contribution >= 0.6 is 15.6 Å². The smallest absolute Gasteiger partial charge is 0.463 e. The van der Waals surface area contributed by atoms with Crippen LogP contribution in [0.4, 0.5) is 0 Å². The number of aliphatic hydroxyl groups excluding tert-OH is 2. The van der Waals surface area contributed by atoms with Crippen molar-refractivity contribution in [3.05, 3.63) is 170 Å². The number of rotatable bonds is 77. The molecule has 610 valence electrons. The van der Waals surface area contributed by atoms with Crippen molar-refractivity contribution < 1.29 is 75.8 Å². The lowest BCUT2D eigenvalue weighted by molar-refractivity contribution is -0.161. The predicted molar refractivity (Wildman–Crippen MR) is 445 cm³/mol. The molecule has 0 amide bonds. The van der Waals surface area contributed by atoms with Gasteiger partial charge < -0.3 is 34.2 Å². The average Bonchev–Trinajstić information content (AvgIpc) is 0.907. The fourth-order valence-electron chi connectivity index (χ4n) is 10.7. The first-order valence-corrected chi connectivity index (χ1v) is 44.4. The quantitative estimate of drug-likeness (QED) is 0.0146. The van der Waals surface area contributed by atoms with Crippen molar-refractivity contribution in [2.45, 2.75) is 334 Å². The van der Waals surface area contributed by atoms with Gasteiger partial charge in [0, 0.05) is 19.3 Å². The molecule has 5 atom stereocenters. The number of aliphatic hydroxyl groups is 2. The van der Waals surface area contributed by atoms with Crippen LogP contribution < -0.4 is 0 Å². The number of unbranched alkanes of at least 4 members (excludes halogenated alkanes) is 26. The molecule has 0 aliphatic carbocycles. The molecule has 0 fully saturated rings. The Kier molecular flexibility index (Phi) is 76.6. The lowest BCUT2D eigenvalue weighted by atomic mass is 10.0. The zero-order valence-corrected chi connectivity index (χ0v) is 68.5. The van der Waals surface area contributed by atoms with E-state index in [-0.39, 0.29) is 19.3 Å². The summed E-state index contributed by atoms with van der Waals surface area (Å²) in [5.74, 6) is -1.67. The Balaban J connectivity index is 4.54. The van der Waals surface area contributed by atoms with E-state index in [1.165, 1.54) is 109 Å². The van der Waals surface area contributed by atoms with Crippen molar-refractivity contribution in [1.82, 2.24) is 0 Å². The number of phosphoric acid groups is 2. The molecule has 0 aliphatic rings. The fourth-order valence-corrected chi connectivity index (χ4v) is 12.3. The second-order valence-electron chi connectivity index (χ2n) is 27.2. The summed E-state index contributed by atoms with van der Waals surface area (Å²) in [5.41, 5.74) is 0. The molecule has 0 bridgehead atoms. The summed E-state index contributed by atoms with van der Waals surface area (Å²) >= 11 is 0. The van der Waals surface area contributed by atoms with E-state index in [4.69, 9.17) is 32.3 Å². The summed E-state index contributed by atoms with van der Waals surface area (Å²) < 4.78 is 61.1. The monoisotopic (exact) mass is 1540 g/mol. The van der Waals surface area contributed by atoms with Crippen LogP contribution in [0.3, 0.4) is 0 Å². The maximum absolute atomic E-state index is 13.0. The molecule has 0 saturated carbocycles. The fraction of sp³-hybridized carbons (Fsp3) is 0.652. The Morgan fingerprint density at radius 3 is 0.813 bits per heavy atom. The molecule has 0 radical (unpaired) electrons. The summed E-state index contributed by atoms with van der Waals surface area (Å²) in [6.45, 7) is 2.34. The number of carbonyl (C=O) groups excluding carboxylic acids is 3. The molecule has 5 unspecified atom stereocenters. The maximum Gasteiger partial charge on any atom is 0.472 e. The zero-order chi connectivity index (χ0) is 78.0. The molecule has 4 N–H and O–H groups in total. The highest BCUT2D eigenvalue weighted by Crippen LogP contribution is 2.45. The molecule has 0 spiro atoms. The predicted octanol–water partition coefficient (Wildman–Crippen LogP) is 24.8. The van der Waals surface area contributed by atoms with Crippen molar-refractivity contribution in [2.75, 3.05) is 39.6 Å². The second-order valence-corrected chi connectivity index (χ2v) is 30.1. The van der Waals surface area contributed by atoms with Gasteiger partial charge in [0.2, 0.25) is 0 Å². The summed E-state index contributed by atoms with van der Waals surface area (Å²) in [7, 11) is -9.83. The van der Waals surface area contributed by atoms with Crippen LogP contribution in [0, 0.1) is 0 Å². The van der Waals surface area contributed by atoms with Gasteiger partial charge in [-0.25, -0.2) is 9.13 Å². The van der Waals surface area contributed by atoms with Gasteiger partial charge in [0.25, 0.3) is 0 Å².